The Balaban J connectivity index is 1.49. The largest absolute Gasteiger partial charge is 0.481 e. The molecule has 0 saturated carbocycles. The van der Waals surface area contributed by atoms with Gasteiger partial charge in [0.15, 0.2) is 6.29 Å². The first-order chi connectivity index (χ1) is 20.4. The average molecular weight is 594 g/mol. The van der Waals surface area contributed by atoms with E-state index in [0.29, 0.717) is 18.7 Å². The number of thioether (sulfide) groups is 1. The lowest BCUT2D eigenvalue weighted by molar-refractivity contribution is -0.268. The Morgan fingerprint density at radius 3 is 2.31 bits per heavy atom. The molecule has 3 aromatic rings. The number of carbonyl (C=O) groups excluding carboxylic acids is 1. The molecule has 1 saturated heterocycles. The summed E-state index contributed by atoms with van der Waals surface area (Å²) in [5, 5.41) is 30.4. The first kappa shape index (κ1) is 31.7. The molecule has 1 amide bonds. The van der Waals surface area contributed by atoms with E-state index in [-0.39, 0.29) is 50.1 Å². The SMILES string of the molecule is CC1C(CSCCO)OC(c2ccc(-c3ccccc3CNC(=O)CCCC(=O)O)cc2)OC1c1ccc(CO)cc1. The Hall–Kier alpha value is -3.21. The van der Waals surface area contributed by atoms with Crippen LogP contribution in [0.1, 0.15) is 60.8 Å². The van der Waals surface area contributed by atoms with Crippen LogP contribution >= 0.6 is 11.8 Å². The van der Waals surface area contributed by atoms with Crippen molar-refractivity contribution in [2.45, 2.75) is 57.8 Å². The van der Waals surface area contributed by atoms with Gasteiger partial charge in [-0.05, 0) is 34.2 Å². The Morgan fingerprint density at radius 1 is 0.905 bits per heavy atom. The molecule has 0 spiro atoms. The third-order valence-corrected chi connectivity index (χ3v) is 8.46. The molecular formula is C33H39NO7S. The predicted octanol–water partition coefficient (Wildman–Crippen LogP) is 5.23. The monoisotopic (exact) mass is 593 g/mol. The first-order valence-electron chi connectivity index (χ1n) is 14.3. The summed E-state index contributed by atoms with van der Waals surface area (Å²) in [6.07, 6.45) is -0.391. The summed E-state index contributed by atoms with van der Waals surface area (Å²) in [4.78, 5) is 22.9. The molecule has 224 valence electrons. The first-order valence-corrected chi connectivity index (χ1v) is 15.4. The topological polar surface area (TPSA) is 125 Å². The van der Waals surface area contributed by atoms with Gasteiger partial charge in [0, 0.05) is 42.4 Å². The van der Waals surface area contributed by atoms with Crippen LogP contribution in [0.15, 0.2) is 72.8 Å². The highest BCUT2D eigenvalue weighted by Crippen LogP contribution is 2.42. The number of aliphatic hydroxyl groups excluding tert-OH is 2. The summed E-state index contributed by atoms with van der Waals surface area (Å²) in [6, 6.07) is 23.7. The fraction of sp³-hybridized carbons (Fsp3) is 0.394. The van der Waals surface area contributed by atoms with Crippen molar-refractivity contribution in [3.8, 4) is 11.1 Å². The van der Waals surface area contributed by atoms with E-state index >= 15 is 0 Å². The number of benzene rings is 3. The maximum Gasteiger partial charge on any atom is 0.303 e. The van der Waals surface area contributed by atoms with Crippen molar-refractivity contribution >= 4 is 23.6 Å². The second-order valence-electron chi connectivity index (χ2n) is 10.4. The number of ether oxygens (including phenoxy) is 2. The van der Waals surface area contributed by atoms with Gasteiger partial charge in [-0.2, -0.15) is 11.8 Å². The molecule has 0 aliphatic carbocycles. The molecule has 1 fully saturated rings. The van der Waals surface area contributed by atoms with Crippen LogP contribution in [0, 0.1) is 5.92 Å². The fourth-order valence-corrected chi connectivity index (χ4v) is 5.94. The molecule has 42 heavy (non-hydrogen) atoms. The number of nitrogens with one attached hydrogen (secondary N) is 1. The van der Waals surface area contributed by atoms with Crippen molar-refractivity contribution in [2.24, 2.45) is 5.92 Å². The third-order valence-electron chi connectivity index (χ3n) is 7.42. The molecule has 1 heterocycles. The Kier molecular flexibility index (Phi) is 12.0. The van der Waals surface area contributed by atoms with Gasteiger partial charge in [0.2, 0.25) is 5.91 Å². The Morgan fingerprint density at radius 2 is 1.62 bits per heavy atom. The maximum atomic E-state index is 12.2. The van der Waals surface area contributed by atoms with Crippen molar-refractivity contribution in [1.29, 1.82) is 0 Å². The number of carboxylic acids is 1. The van der Waals surface area contributed by atoms with Crippen LogP contribution in [-0.4, -0.2) is 51.4 Å². The van der Waals surface area contributed by atoms with Gasteiger partial charge in [-0.15, -0.1) is 0 Å². The quantitative estimate of drug-likeness (QED) is 0.187. The lowest BCUT2D eigenvalue weighted by atomic mass is 9.91. The third kappa shape index (κ3) is 8.65. The van der Waals surface area contributed by atoms with E-state index in [4.69, 9.17) is 14.6 Å². The van der Waals surface area contributed by atoms with E-state index in [9.17, 15) is 19.8 Å². The zero-order chi connectivity index (χ0) is 29.9. The molecule has 4 atom stereocenters. The summed E-state index contributed by atoms with van der Waals surface area (Å²) in [5.74, 6) is 0.386. The molecule has 1 aliphatic heterocycles. The predicted molar refractivity (Wildman–Crippen MR) is 163 cm³/mol. The van der Waals surface area contributed by atoms with Gasteiger partial charge in [-0.1, -0.05) is 79.7 Å². The Bertz CT molecular complexity index is 1300. The molecule has 9 heteroatoms. The molecule has 0 radical (unpaired) electrons. The van der Waals surface area contributed by atoms with Crippen LogP contribution in [-0.2, 0) is 32.2 Å². The summed E-state index contributed by atoms with van der Waals surface area (Å²) in [5.41, 5.74) is 5.71. The smallest absolute Gasteiger partial charge is 0.303 e. The minimum atomic E-state index is -0.904. The lowest BCUT2D eigenvalue weighted by Crippen LogP contribution is -2.38. The number of hydrogen-bond donors (Lipinski definition) is 4. The van der Waals surface area contributed by atoms with Crippen molar-refractivity contribution in [3.63, 3.8) is 0 Å². The molecular weight excluding hydrogens is 554 g/mol. The van der Waals surface area contributed by atoms with Crippen LogP contribution in [0.5, 0.6) is 0 Å². The number of amides is 1. The number of carbonyl (C=O) groups is 2. The van der Waals surface area contributed by atoms with Gasteiger partial charge in [0.1, 0.15) is 0 Å². The number of hydrogen-bond acceptors (Lipinski definition) is 7. The molecule has 0 aromatic heterocycles. The standard InChI is InChI=1S/C33H39NO7S/c1-22-29(21-42-18-17-35)40-33(41-32(22)25-11-9-23(20-36)10-12-25)26-15-13-24(14-16-26)28-6-3-2-5-27(28)19-34-30(37)7-4-8-31(38)39/h2-3,5-6,9-16,22,29,32-33,35-36H,4,7-8,17-21H2,1H3,(H,34,37)(H,38,39). The van der Waals surface area contributed by atoms with E-state index in [0.717, 1.165) is 39.1 Å². The summed E-state index contributed by atoms with van der Waals surface area (Å²) in [7, 11) is 0. The van der Waals surface area contributed by atoms with Crippen molar-refractivity contribution in [3.05, 3.63) is 95.1 Å². The maximum absolute atomic E-state index is 12.2. The molecule has 0 bridgehead atoms. The van der Waals surface area contributed by atoms with E-state index < -0.39 is 12.3 Å². The molecule has 4 N–H and O–H groups in total. The molecule has 4 rings (SSSR count). The minimum absolute atomic E-state index is 0.0117. The highest BCUT2D eigenvalue weighted by atomic mass is 32.2. The molecule has 1 aliphatic rings. The summed E-state index contributed by atoms with van der Waals surface area (Å²) >= 11 is 1.66. The number of aliphatic carboxylic acids is 1. The highest BCUT2D eigenvalue weighted by molar-refractivity contribution is 7.99. The van der Waals surface area contributed by atoms with Crippen LogP contribution in [0.3, 0.4) is 0 Å². The van der Waals surface area contributed by atoms with E-state index in [1.165, 1.54) is 0 Å². The van der Waals surface area contributed by atoms with Gasteiger partial charge in [0.05, 0.1) is 25.4 Å². The van der Waals surface area contributed by atoms with Crippen molar-refractivity contribution < 1.29 is 34.4 Å². The molecule has 8 nitrogen and oxygen atoms in total. The average Bonchev–Trinajstić information content (AvgIpc) is 3.01. The van der Waals surface area contributed by atoms with Crippen LogP contribution < -0.4 is 5.32 Å². The lowest BCUT2D eigenvalue weighted by Gasteiger charge is -2.41. The van der Waals surface area contributed by atoms with Crippen LogP contribution in [0.4, 0.5) is 0 Å². The van der Waals surface area contributed by atoms with E-state index in [2.05, 4.69) is 12.2 Å². The van der Waals surface area contributed by atoms with Crippen LogP contribution in [0.25, 0.3) is 11.1 Å². The number of carboxylic acid groups (broad SMARTS) is 1. The van der Waals surface area contributed by atoms with Gasteiger partial charge >= 0.3 is 5.97 Å². The van der Waals surface area contributed by atoms with Gasteiger partial charge < -0.3 is 30.1 Å². The normalized spacial score (nSPS) is 20.3. The van der Waals surface area contributed by atoms with E-state index in [1.807, 2.05) is 72.8 Å². The number of rotatable bonds is 14. The number of aliphatic hydroxyl groups is 2. The van der Waals surface area contributed by atoms with Gasteiger partial charge in [-0.25, -0.2) is 0 Å². The van der Waals surface area contributed by atoms with Crippen molar-refractivity contribution in [2.75, 3.05) is 18.1 Å². The van der Waals surface area contributed by atoms with Crippen molar-refractivity contribution in [1.82, 2.24) is 5.32 Å². The zero-order valence-electron chi connectivity index (χ0n) is 23.8. The fourth-order valence-electron chi connectivity index (χ4n) is 5.03. The summed E-state index contributed by atoms with van der Waals surface area (Å²) < 4.78 is 13.0. The van der Waals surface area contributed by atoms with Gasteiger partial charge in [-0.3, -0.25) is 9.59 Å². The van der Waals surface area contributed by atoms with E-state index in [1.54, 1.807) is 11.8 Å². The molecule has 4 unspecified atom stereocenters. The zero-order valence-corrected chi connectivity index (χ0v) is 24.6. The molecule has 3 aromatic carbocycles. The van der Waals surface area contributed by atoms with Crippen LogP contribution in [0.2, 0.25) is 0 Å². The summed E-state index contributed by atoms with van der Waals surface area (Å²) in [6.45, 7) is 2.58. The van der Waals surface area contributed by atoms with Gasteiger partial charge in [0.25, 0.3) is 0 Å². The second kappa shape index (κ2) is 15.9. The highest BCUT2D eigenvalue weighted by Gasteiger charge is 2.38. The Labute approximate surface area is 251 Å². The minimum Gasteiger partial charge on any atom is -0.481 e. The second-order valence-corrected chi connectivity index (χ2v) is 11.6.